The van der Waals surface area contributed by atoms with E-state index >= 15 is 0 Å². The molecule has 19 heavy (non-hydrogen) atoms. The number of hydrogen-bond donors (Lipinski definition) is 1. The van der Waals surface area contributed by atoms with E-state index in [1.165, 1.54) is 22.4 Å². The standard InChI is InChI=1S/C16H22N2O/c1-11-7-5-8-12(2)16(11)19-10-6-9-15-13(3)17-18-14(15)4/h5,7-8H,6,9-10H2,1-4H3,(H,17,18). The van der Waals surface area contributed by atoms with Crippen molar-refractivity contribution < 1.29 is 4.74 Å². The minimum atomic E-state index is 0.746. The number of aryl methyl sites for hydroxylation is 4. The van der Waals surface area contributed by atoms with Crippen LogP contribution in [0, 0.1) is 27.7 Å². The van der Waals surface area contributed by atoms with E-state index in [-0.39, 0.29) is 0 Å². The third-order valence-corrected chi connectivity index (χ3v) is 3.51. The number of ether oxygens (including phenoxy) is 1. The lowest BCUT2D eigenvalue weighted by molar-refractivity contribution is 0.307. The molecule has 3 nitrogen and oxygen atoms in total. The molecule has 2 aromatic rings. The van der Waals surface area contributed by atoms with Crippen LogP contribution in [0.3, 0.4) is 0 Å². The molecule has 0 amide bonds. The van der Waals surface area contributed by atoms with E-state index < -0.39 is 0 Å². The Balaban J connectivity index is 1.88. The summed E-state index contributed by atoms with van der Waals surface area (Å²) in [5, 5.41) is 7.24. The van der Waals surface area contributed by atoms with Crippen LogP contribution < -0.4 is 4.74 Å². The lowest BCUT2D eigenvalue weighted by Crippen LogP contribution is -2.02. The molecule has 0 fully saturated rings. The maximum Gasteiger partial charge on any atom is 0.125 e. The summed E-state index contributed by atoms with van der Waals surface area (Å²) in [5.41, 5.74) is 6.01. The number of aromatic nitrogens is 2. The fourth-order valence-electron chi connectivity index (χ4n) is 2.39. The van der Waals surface area contributed by atoms with Crippen molar-refractivity contribution >= 4 is 0 Å². The molecule has 1 aromatic carbocycles. The molecular weight excluding hydrogens is 236 g/mol. The Morgan fingerprint density at radius 1 is 1.11 bits per heavy atom. The number of benzene rings is 1. The summed E-state index contributed by atoms with van der Waals surface area (Å²) in [6.45, 7) is 9.04. The van der Waals surface area contributed by atoms with E-state index in [4.69, 9.17) is 4.74 Å². The van der Waals surface area contributed by atoms with Crippen LogP contribution in [0.25, 0.3) is 0 Å². The zero-order chi connectivity index (χ0) is 13.8. The third-order valence-electron chi connectivity index (χ3n) is 3.51. The number of aromatic amines is 1. The first-order valence-electron chi connectivity index (χ1n) is 6.79. The number of rotatable bonds is 5. The largest absolute Gasteiger partial charge is 0.493 e. The van der Waals surface area contributed by atoms with Gasteiger partial charge in [0.2, 0.25) is 0 Å². The summed E-state index contributed by atoms with van der Waals surface area (Å²) in [6.07, 6.45) is 2.02. The van der Waals surface area contributed by atoms with Crippen molar-refractivity contribution in [3.8, 4) is 5.75 Å². The number of H-pyrrole nitrogens is 1. The minimum absolute atomic E-state index is 0.746. The first-order chi connectivity index (χ1) is 9.09. The molecule has 1 heterocycles. The number of para-hydroxylation sites is 1. The Bertz CT molecular complexity index is 518. The van der Waals surface area contributed by atoms with Gasteiger partial charge in [0.15, 0.2) is 0 Å². The maximum atomic E-state index is 5.91. The SMILES string of the molecule is Cc1cccc(C)c1OCCCc1c(C)n[nH]c1C. The minimum Gasteiger partial charge on any atom is -0.493 e. The molecule has 0 saturated heterocycles. The molecule has 0 radical (unpaired) electrons. The molecule has 0 atom stereocenters. The van der Waals surface area contributed by atoms with E-state index in [0.717, 1.165) is 30.9 Å². The lowest BCUT2D eigenvalue weighted by Gasteiger charge is -2.11. The average Bonchev–Trinajstić information content (AvgIpc) is 2.68. The van der Waals surface area contributed by atoms with Crippen LogP contribution in [0.1, 0.15) is 34.5 Å². The van der Waals surface area contributed by atoms with E-state index in [1.807, 2.05) is 6.92 Å². The molecule has 102 valence electrons. The quantitative estimate of drug-likeness (QED) is 0.831. The van der Waals surface area contributed by atoms with Crippen molar-refractivity contribution in [3.63, 3.8) is 0 Å². The molecule has 0 spiro atoms. The van der Waals surface area contributed by atoms with Crippen molar-refractivity contribution in [1.29, 1.82) is 0 Å². The molecule has 0 aliphatic carbocycles. The van der Waals surface area contributed by atoms with Gasteiger partial charge in [0.25, 0.3) is 0 Å². The topological polar surface area (TPSA) is 37.9 Å². The number of hydrogen-bond acceptors (Lipinski definition) is 2. The second kappa shape index (κ2) is 5.91. The Morgan fingerprint density at radius 2 is 1.79 bits per heavy atom. The van der Waals surface area contributed by atoms with E-state index in [0.29, 0.717) is 0 Å². The van der Waals surface area contributed by atoms with Gasteiger partial charge in [-0.1, -0.05) is 18.2 Å². The highest BCUT2D eigenvalue weighted by Gasteiger charge is 2.07. The van der Waals surface area contributed by atoms with Gasteiger partial charge in [-0.25, -0.2) is 0 Å². The van der Waals surface area contributed by atoms with E-state index in [1.54, 1.807) is 0 Å². The Kier molecular flexibility index (Phi) is 4.25. The van der Waals surface area contributed by atoms with Crippen molar-refractivity contribution in [2.45, 2.75) is 40.5 Å². The van der Waals surface area contributed by atoms with Gasteiger partial charge in [0.1, 0.15) is 5.75 Å². The number of nitrogens with zero attached hydrogens (tertiary/aromatic N) is 1. The van der Waals surface area contributed by atoms with Crippen LogP contribution in [0.15, 0.2) is 18.2 Å². The molecule has 0 unspecified atom stereocenters. The van der Waals surface area contributed by atoms with Gasteiger partial charge < -0.3 is 4.74 Å². The highest BCUT2D eigenvalue weighted by atomic mass is 16.5. The van der Waals surface area contributed by atoms with E-state index in [2.05, 4.69) is 49.2 Å². The van der Waals surface area contributed by atoms with Crippen LogP contribution in [-0.4, -0.2) is 16.8 Å². The summed E-state index contributed by atoms with van der Waals surface area (Å²) in [7, 11) is 0. The second-order valence-corrected chi connectivity index (χ2v) is 5.09. The Hall–Kier alpha value is -1.77. The van der Waals surface area contributed by atoms with Crippen LogP contribution >= 0.6 is 0 Å². The highest BCUT2D eigenvalue weighted by molar-refractivity contribution is 5.39. The predicted octanol–water partition coefficient (Wildman–Crippen LogP) is 3.65. The summed E-state index contributed by atoms with van der Waals surface area (Å²) < 4.78 is 5.91. The molecule has 0 aliphatic heterocycles. The lowest BCUT2D eigenvalue weighted by atomic mass is 10.1. The van der Waals surface area contributed by atoms with Gasteiger partial charge in [0, 0.05) is 5.69 Å². The van der Waals surface area contributed by atoms with E-state index in [9.17, 15) is 0 Å². The van der Waals surface area contributed by atoms with Crippen molar-refractivity contribution in [2.24, 2.45) is 0 Å². The van der Waals surface area contributed by atoms with Crippen molar-refractivity contribution in [3.05, 3.63) is 46.3 Å². The smallest absolute Gasteiger partial charge is 0.125 e. The predicted molar refractivity (Wildman–Crippen MR) is 77.8 cm³/mol. The zero-order valence-electron chi connectivity index (χ0n) is 12.2. The molecule has 0 saturated carbocycles. The molecule has 0 aliphatic rings. The van der Waals surface area contributed by atoms with Crippen LogP contribution in [0.5, 0.6) is 5.75 Å². The molecular formula is C16H22N2O. The van der Waals surface area contributed by atoms with Crippen molar-refractivity contribution in [1.82, 2.24) is 10.2 Å². The van der Waals surface area contributed by atoms with Gasteiger partial charge in [-0.15, -0.1) is 0 Å². The summed E-state index contributed by atoms with van der Waals surface area (Å²) >= 11 is 0. The Morgan fingerprint density at radius 3 is 2.37 bits per heavy atom. The van der Waals surface area contributed by atoms with Crippen LogP contribution in [-0.2, 0) is 6.42 Å². The monoisotopic (exact) mass is 258 g/mol. The number of nitrogens with one attached hydrogen (secondary N) is 1. The normalized spacial score (nSPS) is 10.7. The molecule has 2 rings (SSSR count). The first kappa shape index (κ1) is 13.7. The summed E-state index contributed by atoms with van der Waals surface area (Å²) in [6, 6.07) is 6.25. The zero-order valence-corrected chi connectivity index (χ0v) is 12.2. The molecule has 1 N–H and O–H groups in total. The van der Waals surface area contributed by atoms with Crippen molar-refractivity contribution in [2.75, 3.05) is 6.61 Å². The van der Waals surface area contributed by atoms with Gasteiger partial charge in [-0.05, 0) is 57.2 Å². The third kappa shape index (κ3) is 3.16. The van der Waals surface area contributed by atoms with Gasteiger partial charge in [-0.2, -0.15) is 5.10 Å². The second-order valence-electron chi connectivity index (χ2n) is 5.09. The molecule has 0 bridgehead atoms. The van der Waals surface area contributed by atoms with Gasteiger partial charge >= 0.3 is 0 Å². The fourth-order valence-corrected chi connectivity index (χ4v) is 2.39. The first-order valence-corrected chi connectivity index (χ1v) is 6.79. The van der Waals surface area contributed by atoms with Crippen LogP contribution in [0.4, 0.5) is 0 Å². The summed E-state index contributed by atoms with van der Waals surface area (Å²) in [4.78, 5) is 0. The van der Waals surface area contributed by atoms with Gasteiger partial charge in [-0.3, -0.25) is 5.10 Å². The maximum absolute atomic E-state index is 5.91. The fraction of sp³-hybridized carbons (Fsp3) is 0.438. The van der Waals surface area contributed by atoms with Crippen LogP contribution in [0.2, 0.25) is 0 Å². The highest BCUT2D eigenvalue weighted by Crippen LogP contribution is 2.22. The van der Waals surface area contributed by atoms with Gasteiger partial charge in [0.05, 0.1) is 12.3 Å². The molecule has 3 heteroatoms. The molecule has 1 aromatic heterocycles. The summed E-state index contributed by atoms with van der Waals surface area (Å²) in [5.74, 6) is 1.03. The Labute approximate surface area is 115 Å². The average molecular weight is 258 g/mol.